The highest BCUT2D eigenvalue weighted by Crippen LogP contribution is 2.14. The molecule has 18 heavy (non-hydrogen) atoms. The first-order valence-corrected chi connectivity index (χ1v) is 5.33. The lowest BCUT2D eigenvalue weighted by atomic mass is 10.2. The van der Waals surface area contributed by atoms with Crippen molar-refractivity contribution in [3.05, 3.63) is 59.7 Å². The molecule has 0 atom stereocenters. The Morgan fingerprint density at radius 3 is 2.33 bits per heavy atom. The summed E-state index contributed by atoms with van der Waals surface area (Å²) in [6, 6.07) is 11.9. The van der Waals surface area contributed by atoms with Gasteiger partial charge in [0.25, 0.3) is 0 Å². The van der Waals surface area contributed by atoms with Crippen LogP contribution in [0.4, 0.5) is 0 Å². The van der Waals surface area contributed by atoms with Crippen molar-refractivity contribution in [3.63, 3.8) is 0 Å². The molecule has 88 valence electrons. The number of nitriles is 1. The molecule has 0 aliphatic heterocycles. The van der Waals surface area contributed by atoms with E-state index in [1.54, 1.807) is 59.4 Å². The summed E-state index contributed by atoms with van der Waals surface area (Å²) in [6.07, 6.45) is 5.04. The van der Waals surface area contributed by atoms with Gasteiger partial charge in [0, 0.05) is 12.4 Å². The van der Waals surface area contributed by atoms with Crippen molar-refractivity contribution in [2.75, 3.05) is 0 Å². The summed E-state index contributed by atoms with van der Waals surface area (Å²) >= 11 is 0. The Morgan fingerprint density at radius 2 is 1.78 bits per heavy atom. The van der Waals surface area contributed by atoms with Gasteiger partial charge in [0.15, 0.2) is 0 Å². The summed E-state index contributed by atoms with van der Waals surface area (Å²) < 4.78 is 1.64. The van der Waals surface area contributed by atoms with Gasteiger partial charge in [-0.25, -0.2) is 0 Å². The molecule has 2 N–H and O–H groups in total. The van der Waals surface area contributed by atoms with E-state index in [0.29, 0.717) is 11.1 Å². The van der Waals surface area contributed by atoms with Gasteiger partial charge in [-0.3, -0.25) is 0 Å². The second-order valence-electron chi connectivity index (χ2n) is 3.73. The Bertz CT molecular complexity index is 655. The maximum atomic E-state index is 9.18. The Morgan fingerprint density at radius 1 is 1.17 bits per heavy atom. The van der Waals surface area contributed by atoms with Gasteiger partial charge < -0.3 is 15.1 Å². The summed E-state index contributed by atoms with van der Waals surface area (Å²) in [7, 11) is 0. The molecule has 0 unspecified atom stereocenters. The second-order valence-corrected chi connectivity index (χ2v) is 3.73. The first-order valence-electron chi connectivity index (χ1n) is 5.33. The van der Waals surface area contributed by atoms with Crippen molar-refractivity contribution >= 4 is 11.8 Å². The molecule has 2 aromatic rings. The molecule has 0 saturated carbocycles. The molecule has 0 spiro atoms. The van der Waals surface area contributed by atoms with Crippen molar-refractivity contribution < 1.29 is 5.11 Å². The molecule has 0 fully saturated rings. The fraction of sp³-hybridized carbons (Fsp3) is 0. The van der Waals surface area contributed by atoms with Gasteiger partial charge in [-0.1, -0.05) is 12.1 Å². The van der Waals surface area contributed by atoms with Crippen LogP contribution in [0.3, 0.4) is 0 Å². The predicted octanol–water partition coefficient (Wildman–Crippen LogP) is 2.19. The summed E-state index contributed by atoms with van der Waals surface area (Å²) in [6.45, 7) is 0. The first-order chi connectivity index (χ1) is 8.69. The van der Waals surface area contributed by atoms with Gasteiger partial charge in [0.05, 0.1) is 5.36 Å². The second kappa shape index (κ2) is 5.02. The lowest BCUT2D eigenvalue weighted by molar-refractivity contribution is 0.475. The van der Waals surface area contributed by atoms with Crippen LogP contribution < -0.4 is 5.36 Å². The number of hydrogen-bond acceptors (Lipinski definition) is 3. The molecule has 0 aliphatic carbocycles. The van der Waals surface area contributed by atoms with E-state index in [2.05, 4.69) is 6.07 Å². The highest BCUT2D eigenvalue weighted by atomic mass is 16.3. The van der Waals surface area contributed by atoms with E-state index < -0.39 is 0 Å². The van der Waals surface area contributed by atoms with E-state index in [9.17, 15) is 5.11 Å². The molecule has 2 rings (SSSR count). The molecule has 0 radical (unpaired) electrons. The van der Waals surface area contributed by atoms with Crippen LogP contribution in [0.25, 0.3) is 11.8 Å². The minimum atomic E-state index is 0.192. The number of nitrogens with zero attached hydrogens (tertiary/aromatic N) is 2. The van der Waals surface area contributed by atoms with E-state index >= 15 is 0 Å². The Balaban J connectivity index is 2.40. The molecule has 1 aromatic heterocycles. The van der Waals surface area contributed by atoms with Crippen LogP contribution in [-0.4, -0.2) is 9.67 Å². The highest BCUT2D eigenvalue weighted by Gasteiger charge is 1.98. The fourth-order valence-corrected chi connectivity index (χ4v) is 1.48. The predicted molar refractivity (Wildman–Crippen MR) is 68.2 cm³/mol. The Hall–Kier alpha value is -2.80. The third kappa shape index (κ3) is 2.66. The molecule has 0 aliphatic rings. The number of nitrogens with one attached hydrogen (secondary N) is 1. The van der Waals surface area contributed by atoms with Gasteiger partial charge in [-0.05, 0) is 35.9 Å². The smallest absolute Gasteiger partial charge is 0.124 e. The lowest BCUT2D eigenvalue weighted by Crippen LogP contribution is -2.02. The van der Waals surface area contributed by atoms with Crippen LogP contribution in [0, 0.1) is 16.7 Å². The van der Waals surface area contributed by atoms with Crippen molar-refractivity contribution in [3.8, 4) is 11.8 Å². The highest BCUT2D eigenvalue weighted by molar-refractivity contribution is 5.79. The largest absolute Gasteiger partial charge is 0.508 e. The minimum Gasteiger partial charge on any atom is -0.508 e. The van der Waals surface area contributed by atoms with Crippen molar-refractivity contribution in [2.45, 2.75) is 0 Å². The molecule has 0 saturated heterocycles. The summed E-state index contributed by atoms with van der Waals surface area (Å²) in [5.41, 5.74) is 1.27. The zero-order valence-corrected chi connectivity index (χ0v) is 9.54. The summed E-state index contributed by atoms with van der Waals surface area (Å²) in [5.74, 6) is 0.192. The van der Waals surface area contributed by atoms with Gasteiger partial charge in [-0.2, -0.15) is 5.26 Å². The van der Waals surface area contributed by atoms with E-state index in [-0.39, 0.29) is 5.75 Å². The van der Waals surface area contributed by atoms with E-state index in [1.165, 1.54) is 0 Å². The van der Waals surface area contributed by atoms with Crippen LogP contribution in [0.5, 0.6) is 5.75 Å². The molecule has 4 heteroatoms. The molecule has 0 amide bonds. The number of aromatic nitrogens is 1. The molecule has 1 aromatic carbocycles. The van der Waals surface area contributed by atoms with E-state index in [0.717, 1.165) is 5.56 Å². The average Bonchev–Trinajstić information content (AvgIpc) is 2.39. The molecular formula is C14H11N3O. The van der Waals surface area contributed by atoms with Gasteiger partial charge in [-0.15, -0.1) is 0 Å². The first kappa shape index (κ1) is 11.7. The van der Waals surface area contributed by atoms with Crippen LogP contribution >= 0.6 is 0 Å². The number of aromatic hydroxyl groups is 1. The third-order valence-electron chi connectivity index (χ3n) is 2.42. The number of phenols is 1. The topological polar surface area (TPSA) is 72.8 Å². The number of hydrogen-bond donors (Lipinski definition) is 2. The number of phenolic OH excluding ortho intramolecular Hbond substituents is 1. The Kier molecular flexibility index (Phi) is 3.26. The van der Waals surface area contributed by atoms with E-state index in [1.807, 2.05) is 0 Å². The quantitative estimate of drug-likeness (QED) is 0.786. The van der Waals surface area contributed by atoms with E-state index in [4.69, 9.17) is 10.7 Å². The maximum absolute atomic E-state index is 9.18. The van der Waals surface area contributed by atoms with Gasteiger partial charge in [0.1, 0.15) is 17.5 Å². The summed E-state index contributed by atoms with van der Waals surface area (Å²) in [4.78, 5) is 0. The van der Waals surface area contributed by atoms with Crippen LogP contribution in [0.15, 0.2) is 48.8 Å². The minimum absolute atomic E-state index is 0.192. The van der Waals surface area contributed by atoms with Gasteiger partial charge in [0.2, 0.25) is 0 Å². The van der Waals surface area contributed by atoms with Crippen LogP contribution in [0.1, 0.15) is 5.56 Å². The maximum Gasteiger partial charge on any atom is 0.124 e. The molecular weight excluding hydrogens is 226 g/mol. The van der Waals surface area contributed by atoms with Crippen molar-refractivity contribution in [2.24, 2.45) is 0 Å². The van der Waals surface area contributed by atoms with Crippen LogP contribution in [-0.2, 0) is 0 Å². The monoisotopic (exact) mass is 237 g/mol. The van der Waals surface area contributed by atoms with Crippen molar-refractivity contribution in [1.82, 2.24) is 4.57 Å². The summed E-state index contributed by atoms with van der Waals surface area (Å²) in [5, 5.41) is 26.1. The number of allylic oxidation sites excluding steroid dienone is 1. The number of pyridine rings is 1. The fourth-order valence-electron chi connectivity index (χ4n) is 1.48. The number of rotatable bonds is 2. The average molecular weight is 237 g/mol. The molecule has 0 bridgehead atoms. The number of benzene rings is 1. The molecule has 1 heterocycles. The molecule has 4 nitrogen and oxygen atoms in total. The normalized spacial score (nSPS) is 10.9. The SMILES string of the molecule is N#CC(=Cc1ccc(O)cc1)n1ccc(=N)cc1. The zero-order chi connectivity index (χ0) is 13.0. The van der Waals surface area contributed by atoms with Crippen molar-refractivity contribution in [1.29, 1.82) is 10.7 Å². The zero-order valence-electron chi connectivity index (χ0n) is 9.54. The lowest BCUT2D eigenvalue weighted by Gasteiger charge is -2.03. The van der Waals surface area contributed by atoms with Gasteiger partial charge >= 0.3 is 0 Å². The van der Waals surface area contributed by atoms with Crippen LogP contribution in [0.2, 0.25) is 0 Å². The standard InChI is InChI=1S/C14H11N3O/c15-10-13(17-7-5-12(16)6-8-17)9-11-1-3-14(18)4-2-11/h1-9,16,18H. The Labute approximate surface area is 104 Å². The third-order valence-corrected chi connectivity index (χ3v) is 2.42.